The quantitative estimate of drug-likeness (QED) is 0.277. The number of hydrogen-bond acceptors (Lipinski definition) is 5. The Bertz CT molecular complexity index is 629. The van der Waals surface area contributed by atoms with Crippen molar-refractivity contribution in [3.8, 4) is 5.75 Å². The number of benzene rings is 1. The third-order valence-electron chi connectivity index (χ3n) is 4.87. The predicted molar refractivity (Wildman–Crippen MR) is 130 cm³/mol. The van der Waals surface area contributed by atoms with Gasteiger partial charge in [0.2, 0.25) is 0 Å². The first-order valence-corrected chi connectivity index (χ1v) is 10.2. The maximum atomic E-state index is 10.6. The molecule has 0 amide bonds. The van der Waals surface area contributed by atoms with Crippen molar-refractivity contribution in [2.75, 3.05) is 53.4 Å². The third-order valence-corrected chi connectivity index (χ3v) is 4.87. The highest BCUT2D eigenvalue weighted by molar-refractivity contribution is 14.0. The van der Waals surface area contributed by atoms with Crippen molar-refractivity contribution in [1.29, 1.82) is 0 Å². The number of halogens is 1. The fourth-order valence-corrected chi connectivity index (χ4v) is 3.23. The van der Waals surface area contributed by atoms with Gasteiger partial charge < -0.3 is 25.4 Å². The summed E-state index contributed by atoms with van der Waals surface area (Å²) in [5.74, 6) is 1.50. The Balaban J connectivity index is 0.00000420. The average molecular weight is 519 g/mol. The topological polar surface area (TPSA) is 72.4 Å². The van der Waals surface area contributed by atoms with Gasteiger partial charge in [-0.05, 0) is 52.6 Å². The van der Waals surface area contributed by atoms with Gasteiger partial charge in [0.15, 0.2) is 5.96 Å². The van der Waals surface area contributed by atoms with Crippen LogP contribution in [0.1, 0.15) is 32.4 Å². The number of hydrogen-bond donors (Lipinski definition) is 3. The highest BCUT2D eigenvalue weighted by atomic mass is 127. The van der Waals surface area contributed by atoms with Crippen LogP contribution in [-0.2, 0) is 0 Å². The monoisotopic (exact) mass is 519 g/mol. The molecule has 166 valence electrons. The van der Waals surface area contributed by atoms with Crippen LogP contribution in [0.3, 0.4) is 0 Å². The van der Waals surface area contributed by atoms with E-state index in [1.54, 1.807) is 0 Å². The standard InChI is InChI=1S/C21H37N5O2.HI/c1-6-22-21(23-13-18-15-25(4)10-11-26(18)5)24-14-20(27)17-8-7-9-19(12-17)28-16(2)3;/h7-9,12,16,18,20,27H,6,10-11,13-15H2,1-5H3,(H2,22,23,24);1H. The number of ether oxygens (including phenoxy) is 1. The van der Waals surface area contributed by atoms with E-state index in [9.17, 15) is 5.11 Å². The molecule has 29 heavy (non-hydrogen) atoms. The lowest BCUT2D eigenvalue weighted by Crippen LogP contribution is -2.55. The van der Waals surface area contributed by atoms with Crippen molar-refractivity contribution in [1.82, 2.24) is 20.4 Å². The van der Waals surface area contributed by atoms with Gasteiger partial charge in [0.1, 0.15) is 5.75 Å². The molecular formula is C21H38IN5O2. The normalized spacial score (nSPS) is 19.6. The van der Waals surface area contributed by atoms with E-state index in [0.717, 1.165) is 50.0 Å². The molecule has 0 aliphatic carbocycles. The number of rotatable bonds is 8. The van der Waals surface area contributed by atoms with Crippen molar-refractivity contribution < 1.29 is 9.84 Å². The molecule has 1 saturated heterocycles. The van der Waals surface area contributed by atoms with Crippen molar-refractivity contribution in [2.45, 2.75) is 39.0 Å². The second-order valence-electron chi connectivity index (χ2n) is 7.75. The van der Waals surface area contributed by atoms with Crippen LogP contribution in [-0.4, -0.2) is 86.4 Å². The largest absolute Gasteiger partial charge is 0.491 e. The summed E-state index contributed by atoms with van der Waals surface area (Å²) in [4.78, 5) is 9.31. The average Bonchev–Trinajstić information content (AvgIpc) is 2.66. The Morgan fingerprint density at radius 3 is 2.72 bits per heavy atom. The number of nitrogens with one attached hydrogen (secondary N) is 2. The van der Waals surface area contributed by atoms with Crippen LogP contribution in [0.15, 0.2) is 29.3 Å². The maximum Gasteiger partial charge on any atom is 0.191 e. The Hall–Kier alpha value is -1.10. The van der Waals surface area contributed by atoms with Crippen LogP contribution in [0.4, 0.5) is 0 Å². The summed E-state index contributed by atoms with van der Waals surface area (Å²) in [7, 11) is 4.33. The van der Waals surface area contributed by atoms with E-state index in [1.165, 1.54) is 0 Å². The molecule has 1 heterocycles. The first kappa shape index (κ1) is 25.9. The van der Waals surface area contributed by atoms with Crippen LogP contribution in [0.5, 0.6) is 5.75 Å². The first-order valence-electron chi connectivity index (χ1n) is 10.2. The Morgan fingerprint density at radius 2 is 2.03 bits per heavy atom. The van der Waals surface area contributed by atoms with Gasteiger partial charge >= 0.3 is 0 Å². The summed E-state index contributed by atoms with van der Waals surface area (Å²) >= 11 is 0. The highest BCUT2D eigenvalue weighted by Crippen LogP contribution is 2.20. The van der Waals surface area contributed by atoms with Gasteiger partial charge in [-0.2, -0.15) is 0 Å². The molecule has 3 N–H and O–H groups in total. The van der Waals surface area contributed by atoms with E-state index in [0.29, 0.717) is 12.6 Å². The van der Waals surface area contributed by atoms with Gasteiger partial charge in [0, 0.05) is 38.8 Å². The van der Waals surface area contributed by atoms with Gasteiger partial charge in [-0.25, -0.2) is 0 Å². The number of guanidine groups is 1. The zero-order chi connectivity index (χ0) is 20.5. The molecule has 1 aromatic rings. The van der Waals surface area contributed by atoms with Crippen molar-refractivity contribution in [3.63, 3.8) is 0 Å². The minimum atomic E-state index is -0.672. The van der Waals surface area contributed by atoms with E-state index in [-0.39, 0.29) is 30.1 Å². The molecule has 7 nitrogen and oxygen atoms in total. The Morgan fingerprint density at radius 1 is 1.28 bits per heavy atom. The first-order chi connectivity index (χ1) is 13.4. The molecule has 1 aromatic carbocycles. The van der Waals surface area contributed by atoms with Gasteiger partial charge in [0.25, 0.3) is 0 Å². The molecule has 0 radical (unpaired) electrons. The lowest BCUT2D eigenvalue weighted by atomic mass is 10.1. The van der Waals surface area contributed by atoms with Crippen LogP contribution >= 0.6 is 24.0 Å². The second-order valence-corrected chi connectivity index (χ2v) is 7.75. The molecule has 1 fully saturated rings. The van der Waals surface area contributed by atoms with Crippen LogP contribution in [0.2, 0.25) is 0 Å². The minimum absolute atomic E-state index is 0. The molecule has 1 aliphatic rings. The molecule has 2 atom stereocenters. The van der Waals surface area contributed by atoms with Gasteiger partial charge in [0.05, 0.1) is 18.8 Å². The number of likely N-dealkylation sites (N-methyl/N-ethyl adjacent to an activating group) is 2. The fraction of sp³-hybridized carbons (Fsp3) is 0.667. The molecule has 0 aromatic heterocycles. The van der Waals surface area contributed by atoms with Crippen molar-refractivity contribution >= 4 is 29.9 Å². The van der Waals surface area contributed by atoms with E-state index in [1.807, 2.05) is 45.0 Å². The highest BCUT2D eigenvalue weighted by Gasteiger charge is 2.22. The molecule has 2 rings (SSSR count). The van der Waals surface area contributed by atoms with Crippen LogP contribution in [0.25, 0.3) is 0 Å². The van der Waals surface area contributed by atoms with E-state index < -0.39 is 6.10 Å². The van der Waals surface area contributed by atoms with Gasteiger partial charge in [-0.15, -0.1) is 24.0 Å². The second kappa shape index (κ2) is 13.3. The lowest BCUT2D eigenvalue weighted by molar-refractivity contribution is 0.116. The van der Waals surface area contributed by atoms with Gasteiger partial charge in [-0.1, -0.05) is 12.1 Å². The summed E-state index contributed by atoms with van der Waals surface area (Å²) in [6.45, 7) is 11.1. The molecule has 2 unspecified atom stereocenters. The number of piperazine rings is 1. The molecule has 1 aliphatic heterocycles. The van der Waals surface area contributed by atoms with Crippen molar-refractivity contribution in [3.05, 3.63) is 29.8 Å². The molecule has 8 heteroatoms. The summed E-state index contributed by atoms with van der Waals surface area (Å²) in [6, 6.07) is 8.03. The molecule has 0 spiro atoms. The van der Waals surface area contributed by atoms with E-state index >= 15 is 0 Å². The molecule has 0 bridgehead atoms. The van der Waals surface area contributed by atoms with E-state index in [4.69, 9.17) is 4.74 Å². The summed E-state index contributed by atoms with van der Waals surface area (Å²) in [6.07, 6.45) is -0.568. The number of aliphatic imine (C=N–C) groups is 1. The Labute approximate surface area is 192 Å². The summed E-state index contributed by atoms with van der Waals surface area (Å²) in [5, 5.41) is 17.2. The fourth-order valence-electron chi connectivity index (χ4n) is 3.23. The zero-order valence-electron chi connectivity index (χ0n) is 18.4. The van der Waals surface area contributed by atoms with Crippen LogP contribution < -0.4 is 15.4 Å². The molecule has 0 saturated carbocycles. The smallest absolute Gasteiger partial charge is 0.191 e. The number of nitrogens with zero attached hydrogens (tertiary/aromatic N) is 3. The number of aliphatic hydroxyl groups excluding tert-OH is 1. The predicted octanol–water partition coefficient (Wildman–Crippen LogP) is 1.93. The zero-order valence-corrected chi connectivity index (χ0v) is 20.7. The summed E-state index contributed by atoms with van der Waals surface area (Å²) in [5.41, 5.74) is 0.811. The van der Waals surface area contributed by atoms with Crippen LogP contribution in [0, 0.1) is 0 Å². The van der Waals surface area contributed by atoms with Gasteiger partial charge in [-0.3, -0.25) is 9.89 Å². The van der Waals surface area contributed by atoms with E-state index in [2.05, 4.69) is 39.5 Å². The SMILES string of the molecule is CCNC(=NCC(O)c1cccc(OC(C)C)c1)NCC1CN(C)CCN1C.I. The van der Waals surface area contributed by atoms with Crippen molar-refractivity contribution in [2.24, 2.45) is 4.99 Å². The summed E-state index contributed by atoms with van der Waals surface area (Å²) < 4.78 is 5.71. The number of aliphatic hydroxyl groups is 1. The molecular weight excluding hydrogens is 481 g/mol. The Kier molecular flexibility index (Phi) is 11.9. The minimum Gasteiger partial charge on any atom is -0.491 e. The third kappa shape index (κ3) is 9.06. The maximum absolute atomic E-state index is 10.6. The lowest BCUT2D eigenvalue weighted by Gasteiger charge is -2.37.